The lowest BCUT2D eigenvalue weighted by molar-refractivity contribution is -0.121. The third-order valence-corrected chi connectivity index (χ3v) is 4.27. The zero-order chi connectivity index (χ0) is 17.5. The number of hydrogen-bond acceptors (Lipinski definition) is 2. The minimum absolute atomic E-state index is 0.0568. The molecule has 128 valence electrons. The van der Waals surface area contributed by atoms with Gasteiger partial charge in [0.15, 0.2) is 0 Å². The van der Waals surface area contributed by atoms with Crippen LogP contribution in [0.15, 0.2) is 48.5 Å². The predicted octanol–water partition coefficient (Wildman–Crippen LogP) is 4.63. The third-order valence-electron chi connectivity index (χ3n) is 4.27. The van der Waals surface area contributed by atoms with Crippen LogP contribution in [0.5, 0.6) is 5.75 Å². The molecule has 0 bridgehead atoms. The molecule has 0 aliphatic rings. The summed E-state index contributed by atoms with van der Waals surface area (Å²) in [5, 5.41) is 3.05. The molecule has 0 unspecified atom stereocenters. The Morgan fingerprint density at radius 1 is 1.04 bits per heavy atom. The number of nitrogens with one attached hydrogen (secondary N) is 1. The van der Waals surface area contributed by atoms with E-state index in [0.717, 1.165) is 17.7 Å². The molecule has 24 heavy (non-hydrogen) atoms. The van der Waals surface area contributed by atoms with E-state index >= 15 is 0 Å². The topological polar surface area (TPSA) is 38.3 Å². The van der Waals surface area contributed by atoms with Crippen molar-refractivity contribution in [3.05, 3.63) is 65.2 Å². The molecule has 2 aromatic rings. The highest BCUT2D eigenvalue weighted by Crippen LogP contribution is 2.24. The molecule has 0 aliphatic carbocycles. The quantitative estimate of drug-likeness (QED) is 0.806. The van der Waals surface area contributed by atoms with Gasteiger partial charge in [-0.2, -0.15) is 0 Å². The molecule has 2 aromatic carbocycles. The van der Waals surface area contributed by atoms with Crippen LogP contribution in [-0.4, -0.2) is 13.0 Å². The highest BCUT2D eigenvalue weighted by atomic mass is 16.5. The summed E-state index contributed by atoms with van der Waals surface area (Å²) in [6.45, 7) is 6.34. The van der Waals surface area contributed by atoms with Gasteiger partial charge in [-0.15, -0.1) is 0 Å². The van der Waals surface area contributed by atoms with Crippen LogP contribution < -0.4 is 10.1 Å². The van der Waals surface area contributed by atoms with Gasteiger partial charge in [0.25, 0.3) is 0 Å². The number of carbonyl (C=O) groups excluding carboxylic acids is 1. The smallest absolute Gasteiger partial charge is 0.220 e. The lowest BCUT2D eigenvalue weighted by Gasteiger charge is -2.17. The van der Waals surface area contributed by atoms with Gasteiger partial charge in [0.1, 0.15) is 5.75 Å². The molecule has 0 heterocycles. The standard InChI is InChI=1S/C21H27NO2/c1-15(2)18-12-9-17(10-13-18)11-14-21(23)22-16(3)19-7-5-6-8-20(19)24-4/h5-10,12-13,15-16H,11,14H2,1-4H3,(H,22,23)/t16-/m0/s1. The van der Waals surface area contributed by atoms with Crippen molar-refractivity contribution in [2.45, 2.75) is 45.6 Å². The summed E-state index contributed by atoms with van der Waals surface area (Å²) in [7, 11) is 1.65. The van der Waals surface area contributed by atoms with E-state index in [9.17, 15) is 4.79 Å². The van der Waals surface area contributed by atoms with E-state index in [1.165, 1.54) is 11.1 Å². The summed E-state index contributed by atoms with van der Waals surface area (Å²) in [5.41, 5.74) is 3.52. The molecule has 0 saturated heterocycles. The minimum atomic E-state index is -0.0723. The molecule has 0 spiro atoms. The first kappa shape index (κ1) is 18.1. The molecule has 0 fully saturated rings. The van der Waals surface area contributed by atoms with Crippen molar-refractivity contribution in [1.82, 2.24) is 5.32 Å². The van der Waals surface area contributed by atoms with Crippen LogP contribution in [0.25, 0.3) is 0 Å². The summed E-state index contributed by atoms with van der Waals surface area (Å²) < 4.78 is 5.36. The van der Waals surface area contributed by atoms with Gasteiger partial charge >= 0.3 is 0 Å². The molecule has 0 aromatic heterocycles. The molecule has 3 heteroatoms. The van der Waals surface area contributed by atoms with Crippen LogP contribution in [0.3, 0.4) is 0 Å². The maximum atomic E-state index is 12.2. The Hall–Kier alpha value is -2.29. The minimum Gasteiger partial charge on any atom is -0.496 e. The van der Waals surface area contributed by atoms with Crippen LogP contribution in [0.1, 0.15) is 55.8 Å². The van der Waals surface area contributed by atoms with E-state index in [4.69, 9.17) is 4.74 Å². The van der Waals surface area contributed by atoms with E-state index in [-0.39, 0.29) is 11.9 Å². The summed E-state index contributed by atoms with van der Waals surface area (Å²) in [5.74, 6) is 1.39. The molecule has 1 amide bonds. The fourth-order valence-corrected chi connectivity index (χ4v) is 2.74. The van der Waals surface area contributed by atoms with E-state index in [1.54, 1.807) is 7.11 Å². The van der Waals surface area contributed by atoms with Crippen molar-refractivity contribution in [1.29, 1.82) is 0 Å². The predicted molar refractivity (Wildman–Crippen MR) is 98.4 cm³/mol. The second kappa shape index (κ2) is 8.53. The van der Waals surface area contributed by atoms with Crippen LogP contribution in [0, 0.1) is 0 Å². The first-order chi connectivity index (χ1) is 11.5. The first-order valence-corrected chi connectivity index (χ1v) is 8.52. The van der Waals surface area contributed by atoms with Gasteiger partial charge in [0, 0.05) is 12.0 Å². The van der Waals surface area contributed by atoms with Crippen molar-refractivity contribution in [2.24, 2.45) is 0 Å². The van der Waals surface area contributed by atoms with Gasteiger partial charge in [-0.25, -0.2) is 0 Å². The fourth-order valence-electron chi connectivity index (χ4n) is 2.74. The third kappa shape index (κ3) is 4.85. The average Bonchev–Trinajstić information content (AvgIpc) is 2.60. The maximum Gasteiger partial charge on any atom is 0.220 e. The van der Waals surface area contributed by atoms with Crippen molar-refractivity contribution < 1.29 is 9.53 Å². The highest BCUT2D eigenvalue weighted by molar-refractivity contribution is 5.76. The Balaban J connectivity index is 1.88. The largest absolute Gasteiger partial charge is 0.496 e. The highest BCUT2D eigenvalue weighted by Gasteiger charge is 2.13. The number of ether oxygens (including phenoxy) is 1. The molecule has 1 atom stereocenters. The number of carbonyl (C=O) groups is 1. The fraction of sp³-hybridized carbons (Fsp3) is 0.381. The first-order valence-electron chi connectivity index (χ1n) is 8.52. The number of rotatable bonds is 7. The summed E-state index contributed by atoms with van der Waals surface area (Å²) in [4.78, 5) is 12.2. The number of amides is 1. The van der Waals surface area contributed by atoms with Gasteiger partial charge in [-0.05, 0) is 36.5 Å². The summed E-state index contributed by atoms with van der Waals surface area (Å²) in [6, 6.07) is 16.2. The molecular weight excluding hydrogens is 298 g/mol. The van der Waals surface area contributed by atoms with Crippen molar-refractivity contribution >= 4 is 5.91 Å². The monoisotopic (exact) mass is 325 g/mol. The van der Waals surface area contributed by atoms with Crippen molar-refractivity contribution in [3.63, 3.8) is 0 Å². The van der Waals surface area contributed by atoms with Crippen molar-refractivity contribution in [3.8, 4) is 5.75 Å². The number of methoxy groups -OCH3 is 1. The number of hydrogen-bond donors (Lipinski definition) is 1. The Kier molecular flexibility index (Phi) is 6.42. The Labute approximate surface area is 145 Å². The zero-order valence-electron chi connectivity index (χ0n) is 15.0. The Morgan fingerprint density at radius 3 is 2.33 bits per heavy atom. The number of para-hydroxylation sites is 1. The SMILES string of the molecule is COc1ccccc1[C@H](C)NC(=O)CCc1ccc(C(C)C)cc1. The van der Waals surface area contributed by atoms with Crippen LogP contribution >= 0.6 is 0 Å². The maximum absolute atomic E-state index is 12.2. The van der Waals surface area contributed by atoms with Gasteiger partial charge < -0.3 is 10.1 Å². The molecule has 0 radical (unpaired) electrons. The van der Waals surface area contributed by atoms with Crippen LogP contribution in [0.2, 0.25) is 0 Å². The molecule has 2 rings (SSSR count). The molecule has 1 N–H and O–H groups in total. The van der Waals surface area contributed by atoms with Gasteiger partial charge in [-0.3, -0.25) is 4.79 Å². The van der Waals surface area contributed by atoms with Gasteiger partial charge in [-0.1, -0.05) is 56.3 Å². The lowest BCUT2D eigenvalue weighted by atomic mass is 10.00. The second-order valence-electron chi connectivity index (χ2n) is 6.43. The van der Waals surface area contributed by atoms with Gasteiger partial charge in [0.05, 0.1) is 13.2 Å². The molecule has 3 nitrogen and oxygen atoms in total. The van der Waals surface area contributed by atoms with E-state index < -0.39 is 0 Å². The Bertz CT molecular complexity index is 662. The number of benzene rings is 2. The van der Waals surface area contributed by atoms with Crippen LogP contribution in [-0.2, 0) is 11.2 Å². The summed E-state index contributed by atoms with van der Waals surface area (Å²) in [6.07, 6.45) is 1.24. The van der Waals surface area contributed by atoms with E-state index in [1.807, 2.05) is 31.2 Å². The van der Waals surface area contributed by atoms with Gasteiger partial charge in [0.2, 0.25) is 5.91 Å². The van der Waals surface area contributed by atoms with E-state index in [0.29, 0.717) is 12.3 Å². The molecule has 0 saturated carbocycles. The normalized spacial score (nSPS) is 12.0. The lowest BCUT2D eigenvalue weighted by Crippen LogP contribution is -2.27. The second-order valence-corrected chi connectivity index (χ2v) is 6.43. The Morgan fingerprint density at radius 2 is 1.71 bits per heavy atom. The zero-order valence-corrected chi connectivity index (χ0v) is 15.0. The van der Waals surface area contributed by atoms with E-state index in [2.05, 4.69) is 43.4 Å². The number of aryl methyl sites for hydroxylation is 1. The summed E-state index contributed by atoms with van der Waals surface area (Å²) >= 11 is 0. The average molecular weight is 325 g/mol. The molecular formula is C21H27NO2. The van der Waals surface area contributed by atoms with Crippen molar-refractivity contribution in [2.75, 3.05) is 7.11 Å². The molecule has 0 aliphatic heterocycles. The van der Waals surface area contributed by atoms with Crippen LogP contribution in [0.4, 0.5) is 0 Å².